The highest BCUT2D eigenvalue weighted by molar-refractivity contribution is 5.86. The number of carboxylic acids is 1. The molecule has 0 amide bonds. The third-order valence-electron chi connectivity index (χ3n) is 1.83. The maximum Gasteiger partial charge on any atom is 0.354 e. The quantitative estimate of drug-likeness (QED) is 0.804. The molecule has 2 aromatic rings. The number of anilines is 2. The minimum Gasteiger partial charge on any atom is -0.477 e. The molecule has 0 aliphatic heterocycles. The summed E-state index contributed by atoms with van der Waals surface area (Å²) in [7, 11) is 0. The first-order chi connectivity index (χ1) is 7.75. The molecule has 0 saturated heterocycles. The van der Waals surface area contributed by atoms with Gasteiger partial charge in [0.15, 0.2) is 0 Å². The molecule has 2 heterocycles. The first kappa shape index (κ1) is 10.0. The van der Waals surface area contributed by atoms with Gasteiger partial charge in [-0.15, -0.1) is 0 Å². The normalized spacial score (nSPS) is 9.75. The Bertz CT molecular complexity index is 501. The third kappa shape index (κ3) is 2.30. The zero-order valence-corrected chi connectivity index (χ0v) is 8.16. The minimum atomic E-state index is -1.06. The van der Waals surface area contributed by atoms with Gasteiger partial charge in [0.2, 0.25) is 0 Å². The summed E-state index contributed by atoms with van der Waals surface area (Å²) in [6.45, 7) is 0. The number of rotatable bonds is 3. The Morgan fingerprint density at radius 1 is 1.25 bits per heavy atom. The van der Waals surface area contributed by atoms with E-state index in [9.17, 15) is 4.79 Å². The number of nitrogens with zero attached hydrogens (tertiary/aromatic N) is 3. The van der Waals surface area contributed by atoms with Gasteiger partial charge in [0.1, 0.15) is 12.0 Å². The van der Waals surface area contributed by atoms with Crippen LogP contribution in [0.3, 0.4) is 0 Å². The molecule has 0 aromatic carbocycles. The summed E-state index contributed by atoms with van der Waals surface area (Å²) < 4.78 is 0. The summed E-state index contributed by atoms with van der Waals surface area (Å²) >= 11 is 0. The van der Waals surface area contributed by atoms with Crippen molar-refractivity contribution in [3.8, 4) is 0 Å². The molecule has 0 unspecified atom stereocenters. The van der Waals surface area contributed by atoms with Crippen molar-refractivity contribution in [3.05, 3.63) is 42.7 Å². The van der Waals surface area contributed by atoms with Gasteiger partial charge in [0.25, 0.3) is 0 Å². The van der Waals surface area contributed by atoms with Crippen LogP contribution in [0.25, 0.3) is 0 Å². The third-order valence-corrected chi connectivity index (χ3v) is 1.83. The zero-order chi connectivity index (χ0) is 11.4. The molecule has 6 heteroatoms. The van der Waals surface area contributed by atoms with Crippen molar-refractivity contribution in [1.29, 1.82) is 0 Å². The largest absolute Gasteiger partial charge is 0.477 e. The maximum absolute atomic E-state index is 10.7. The Labute approximate surface area is 91.0 Å². The highest BCUT2D eigenvalue weighted by Crippen LogP contribution is 2.14. The van der Waals surface area contributed by atoms with Crippen LogP contribution in [0.1, 0.15) is 10.5 Å². The molecule has 16 heavy (non-hydrogen) atoms. The zero-order valence-electron chi connectivity index (χ0n) is 8.16. The van der Waals surface area contributed by atoms with Gasteiger partial charge in [-0.25, -0.2) is 19.7 Å². The lowest BCUT2D eigenvalue weighted by atomic mass is 10.3. The maximum atomic E-state index is 10.7. The molecule has 0 radical (unpaired) electrons. The molecular formula is C10H8N4O2. The summed E-state index contributed by atoms with van der Waals surface area (Å²) in [6, 6.07) is 3.11. The fourth-order valence-electron chi connectivity index (χ4n) is 1.16. The fraction of sp³-hybridized carbons (Fsp3) is 0. The van der Waals surface area contributed by atoms with E-state index in [2.05, 4.69) is 20.3 Å². The number of nitrogens with one attached hydrogen (secondary N) is 1. The summed E-state index contributed by atoms with van der Waals surface area (Å²) in [6.07, 6.45) is 6.03. The van der Waals surface area contributed by atoms with Crippen LogP contribution in [-0.2, 0) is 0 Å². The van der Waals surface area contributed by atoms with E-state index < -0.39 is 5.97 Å². The van der Waals surface area contributed by atoms with Crippen molar-refractivity contribution in [2.75, 3.05) is 5.32 Å². The molecule has 0 bridgehead atoms. The lowest BCUT2D eigenvalue weighted by Crippen LogP contribution is -2.01. The molecule has 6 nitrogen and oxygen atoms in total. The van der Waals surface area contributed by atoms with Crippen molar-refractivity contribution in [1.82, 2.24) is 15.0 Å². The molecule has 0 aliphatic carbocycles. The van der Waals surface area contributed by atoms with Gasteiger partial charge in [-0.3, -0.25) is 0 Å². The first-order valence-electron chi connectivity index (χ1n) is 4.47. The Hall–Kier alpha value is -2.50. The summed E-state index contributed by atoms with van der Waals surface area (Å²) in [5, 5.41) is 11.7. The highest BCUT2D eigenvalue weighted by Gasteiger charge is 2.04. The Morgan fingerprint density at radius 2 is 2.00 bits per heavy atom. The summed E-state index contributed by atoms with van der Waals surface area (Å²) in [5.74, 6) is -1.06. The number of hydrogen-bond donors (Lipinski definition) is 2. The smallest absolute Gasteiger partial charge is 0.354 e. The summed E-state index contributed by atoms with van der Waals surface area (Å²) in [5.41, 5.74) is 1.30. The molecule has 80 valence electrons. The second-order valence-corrected chi connectivity index (χ2v) is 2.99. The Morgan fingerprint density at radius 3 is 2.69 bits per heavy atom. The average Bonchev–Trinajstić information content (AvgIpc) is 2.30. The number of hydrogen-bond acceptors (Lipinski definition) is 5. The molecule has 0 saturated carbocycles. The molecular weight excluding hydrogens is 208 g/mol. The molecule has 2 aromatic heterocycles. The van der Waals surface area contributed by atoms with E-state index in [0.717, 1.165) is 0 Å². The van der Waals surface area contributed by atoms with Gasteiger partial charge in [-0.2, -0.15) is 0 Å². The Kier molecular flexibility index (Phi) is 2.73. The van der Waals surface area contributed by atoms with Crippen LogP contribution in [0.15, 0.2) is 37.1 Å². The SMILES string of the molecule is O=C(O)c1cc(Nc2cncnc2)ccn1. The standard InChI is InChI=1S/C10H8N4O2/c15-10(16)9-3-7(1-2-13-9)14-8-4-11-6-12-5-8/h1-6H,(H,13,14)(H,15,16). The second kappa shape index (κ2) is 4.35. The fourth-order valence-corrected chi connectivity index (χ4v) is 1.16. The lowest BCUT2D eigenvalue weighted by molar-refractivity contribution is 0.0690. The number of carbonyl (C=O) groups is 1. The topological polar surface area (TPSA) is 88.0 Å². The van der Waals surface area contributed by atoms with E-state index in [1.807, 2.05) is 0 Å². The van der Waals surface area contributed by atoms with Crippen molar-refractivity contribution < 1.29 is 9.90 Å². The van der Waals surface area contributed by atoms with Crippen molar-refractivity contribution in [3.63, 3.8) is 0 Å². The number of aromatic carboxylic acids is 1. The Balaban J connectivity index is 2.22. The van der Waals surface area contributed by atoms with Gasteiger partial charge in [0.05, 0.1) is 18.1 Å². The van der Waals surface area contributed by atoms with E-state index in [1.165, 1.54) is 18.6 Å². The van der Waals surface area contributed by atoms with Crippen LogP contribution in [0.5, 0.6) is 0 Å². The van der Waals surface area contributed by atoms with Crippen LogP contribution >= 0.6 is 0 Å². The van der Waals surface area contributed by atoms with Crippen LogP contribution < -0.4 is 5.32 Å². The molecule has 0 spiro atoms. The highest BCUT2D eigenvalue weighted by atomic mass is 16.4. The number of pyridine rings is 1. The van der Waals surface area contributed by atoms with Gasteiger partial charge < -0.3 is 10.4 Å². The molecule has 0 fully saturated rings. The van der Waals surface area contributed by atoms with Gasteiger partial charge in [0, 0.05) is 11.9 Å². The van der Waals surface area contributed by atoms with Crippen LogP contribution in [0.4, 0.5) is 11.4 Å². The van der Waals surface area contributed by atoms with E-state index in [0.29, 0.717) is 11.4 Å². The monoisotopic (exact) mass is 216 g/mol. The molecule has 2 N–H and O–H groups in total. The van der Waals surface area contributed by atoms with E-state index in [-0.39, 0.29) is 5.69 Å². The molecule has 0 aliphatic rings. The predicted octanol–water partition coefficient (Wildman–Crippen LogP) is 1.31. The predicted molar refractivity (Wildman–Crippen MR) is 56.5 cm³/mol. The van der Waals surface area contributed by atoms with Crippen LogP contribution in [0, 0.1) is 0 Å². The van der Waals surface area contributed by atoms with Gasteiger partial charge >= 0.3 is 5.97 Å². The van der Waals surface area contributed by atoms with E-state index >= 15 is 0 Å². The minimum absolute atomic E-state index is 0.0122. The van der Waals surface area contributed by atoms with Gasteiger partial charge in [-0.1, -0.05) is 0 Å². The lowest BCUT2D eigenvalue weighted by Gasteiger charge is -2.04. The van der Waals surface area contributed by atoms with Crippen molar-refractivity contribution in [2.45, 2.75) is 0 Å². The van der Waals surface area contributed by atoms with Crippen molar-refractivity contribution >= 4 is 17.3 Å². The van der Waals surface area contributed by atoms with E-state index in [1.54, 1.807) is 18.5 Å². The van der Waals surface area contributed by atoms with Crippen LogP contribution in [0.2, 0.25) is 0 Å². The van der Waals surface area contributed by atoms with Crippen molar-refractivity contribution in [2.24, 2.45) is 0 Å². The number of carboxylic acid groups (broad SMARTS) is 1. The molecule has 2 rings (SSSR count). The summed E-state index contributed by atoms with van der Waals surface area (Å²) in [4.78, 5) is 22.1. The van der Waals surface area contributed by atoms with Gasteiger partial charge in [-0.05, 0) is 12.1 Å². The average molecular weight is 216 g/mol. The second-order valence-electron chi connectivity index (χ2n) is 2.99. The number of aromatic nitrogens is 3. The molecule has 0 atom stereocenters. The first-order valence-corrected chi connectivity index (χ1v) is 4.47. The van der Waals surface area contributed by atoms with Crippen LogP contribution in [-0.4, -0.2) is 26.0 Å². The van der Waals surface area contributed by atoms with E-state index in [4.69, 9.17) is 5.11 Å².